The largest absolute Gasteiger partial charge is 0.506 e. The maximum atomic E-state index is 9.56. The Bertz CT molecular complexity index is 568. The average Bonchev–Trinajstić information content (AvgIpc) is 2.35. The van der Waals surface area contributed by atoms with Gasteiger partial charge in [0.2, 0.25) is 0 Å². The Morgan fingerprint density at radius 2 is 1.22 bits per heavy atom. The van der Waals surface area contributed by atoms with Crippen molar-refractivity contribution >= 4 is 16.9 Å². The molecule has 0 aliphatic carbocycles. The molecule has 0 amide bonds. The predicted octanol–water partition coefficient (Wildman–Crippen LogP) is 2.32. The van der Waals surface area contributed by atoms with Crippen LogP contribution in [-0.4, -0.2) is 10.2 Å². The van der Waals surface area contributed by atoms with E-state index in [-0.39, 0.29) is 11.5 Å². The molecule has 4 heteroatoms. The van der Waals surface area contributed by atoms with Gasteiger partial charge in [0.15, 0.2) is 0 Å². The van der Waals surface area contributed by atoms with E-state index in [4.69, 9.17) is 11.5 Å². The second-order valence-corrected chi connectivity index (χ2v) is 4.03. The van der Waals surface area contributed by atoms with Gasteiger partial charge in [-0.05, 0) is 41.0 Å². The van der Waals surface area contributed by atoms with Crippen molar-refractivity contribution in [3.63, 3.8) is 0 Å². The van der Waals surface area contributed by atoms with Crippen molar-refractivity contribution in [2.75, 3.05) is 11.5 Å². The van der Waals surface area contributed by atoms with Gasteiger partial charge < -0.3 is 21.7 Å². The Morgan fingerprint density at radius 1 is 0.833 bits per heavy atom. The molecule has 0 radical (unpaired) electrons. The molecule has 0 bridgehead atoms. The van der Waals surface area contributed by atoms with E-state index >= 15 is 0 Å². The second-order valence-electron chi connectivity index (χ2n) is 4.03. The fourth-order valence-corrected chi connectivity index (χ4v) is 1.63. The normalized spacial score (nSPS) is 10.2. The van der Waals surface area contributed by atoms with E-state index in [2.05, 4.69) is 6.58 Å². The molecular formula is C14H14N2O2. The van der Waals surface area contributed by atoms with Crippen molar-refractivity contribution in [2.24, 2.45) is 0 Å². The highest BCUT2D eigenvalue weighted by Gasteiger charge is 2.07. The Morgan fingerprint density at radius 3 is 1.56 bits per heavy atom. The van der Waals surface area contributed by atoms with Crippen LogP contribution in [-0.2, 0) is 0 Å². The molecule has 2 rings (SSSR count). The number of phenolic OH excluding ortho intramolecular Hbond substituents is 2. The summed E-state index contributed by atoms with van der Waals surface area (Å²) in [5.74, 6) is 0.0154. The van der Waals surface area contributed by atoms with Crippen LogP contribution in [0.15, 0.2) is 43.0 Å². The van der Waals surface area contributed by atoms with E-state index in [0.29, 0.717) is 16.9 Å². The van der Waals surface area contributed by atoms with Crippen LogP contribution in [0.1, 0.15) is 11.1 Å². The van der Waals surface area contributed by atoms with Crippen LogP contribution in [0.3, 0.4) is 0 Å². The van der Waals surface area contributed by atoms with E-state index in [1.54, 1.807) is 24.3 Å². The Labute approximate surface area is 105 Å². The molecule has 92 valence electrons. The lowest BCUT2D eigenvalue weighted by Crippen LogP contribution is -1.91. The molecule has 0 aromatic heterocycles. The molecule has 0 unspecified atom stereocenters. The highest BCUT2D eigenvalue weighted by molar-refractivity contribution is 5.81. The maximum Gasteiger partial charge on any atom is 0.139 e. The third kappa shape index (κ3) is 2.08. The number of phenols is 2. The van der Waals surface area contributed by atoms with E-state index < -0.39 is 0 Å². The van der Waals surface area contributed by atoms with Gasteiger partial charge in [0, 0.05) is 0 Å². The van der Waals surface area contributed by atoms with E-state index in [1.807, 2.05) is 0 Å². The third-order valence-corrected chi connectivity index (χ3v) is 2.76. The molecule has 2 aromatic rings. The van der Waals surface area contributed by atoms with Gasteiger partial charge in [-0.1, -0.05) is 18.7 Å². The number of anilines is 2. The number of rotatable bonds is 2. The first-order valence-corrected chi connectivity index (χ1v) is 5.35. The minimum absolute atomic E-state index is 0.00770. The zero-order valence-corrected chi connectivity index (χ0v) is 9.72. The summed E-state index contributed by atoms with van der Waals surface area (Å²) in [5, 5.41) is 19.1. The molecule has 0 heterocycles. The highest BCUT2D eigenvalue weighted by Crippen LogP contribution is 2.31. The van der Waals surface area contributed by atoms with Gasteiger partial charge >= 0.3 is 0 Å². The molecule has 0 fully saturated rings. The van der Waals surface area contributed by atoms with Crippen molar-refractivity contribution in [3.8, 4) is 11.5 Å². The summed E-state index contributed by atoms with van der Waals surface area (Å²) in [6.45, 7) is 3.93. The monoisotopic (exact) mass is 242 g/mol. The molecule has 0 saturated carbocycles. The van der Waals surface area contributed by atoms with Crippen molar-refractivity contribution in [2.45, 2.75) is 0 Å². The number of aromatic hydroxyl groups is 2. The SMILES string of the molecule is C=C(c1ccc(N)c(O)c1)c1ccc(N)c(O)c1. The molecule has 18 heavy (non-hydrogen) atoms. The molecule has 0 spiro atoms. The van der Waals surface area contributed by atoms with Gasteiger partial charge in [-0.2, -0.15) is 0 Å². The number of hydrogen-bond donors (Lipinski definition) is 4. The Hall–Kier alpha value is -2.62. The number of hydrogen-bond acceptors (Lipinski definition) is 4. The minimum atomic E-state index is 0.00770. The van der Waals surface area contributed by atoms with Gasteiger partial charge in [0.05, 0.1) is 11.4 Å². The van der Waals surface area contributed by atoms with E-state index in [0.717, 1.165) is 11.1 Å². The fraction of sp³-hybridized carbons (Fsp3) is 0. The number of nitrogens with two attached hydrogens (primary N) is 2. The summed E-state index contributed by atoms with van der Waals surface area (Å²) >= 11 is 0. The predicted molar refractivity (Wildman–Crippen MR) is 73.2 cm³/mol. The maximum absolute atomic E-state index is 9.56. The second kappa shape index (κ2) is 4.33. The minimum Gasteiger partial charge on any atom is -0.506 e. The molecule has 0 aliphatic rings. The van der Waals surface area contributed by atoms with Gasteiger partial charge in [0.1, 0.15) is 11.5 Å². The third-order valence-electron chi connectivity index (χ3n) is 2.76. The standard InChI is InChI=1S/C14H14N2O2/c1-8(9-2-4-11(15)13(17)6-9)10-3-5-12(16)14(18)7-10/h2-7,17-18H,1,15-16H2. The van der Waals surface area contributed by atoms with Gasteiger partial charge in [0.25, 0.3) is 0 Å². The quantitative estimate of drug-likeness (QED) is 0.480. The zero-order chi connectivity index (χ0) is 13.3. The molecule has 2 aromatic carbocycles. The van der Waals surface area contributed by atoms with Crippen molar-refractivity contribution < 1.29 is 10.2 Å². The van der Waals surface area contributed by atoms with Crippen LogP contribution < -0.4 is 11.5 Å². The number of benzene rings is 2. The first-order chi connectivity index (χ1) is 8.49. The van der Waals surface area contributed by atoms with Crippen LogP contribution in [0.5, 0.6) is 11.5 Å². The molecule has 0 aliphatic heterocycles. The van der Waals surface area contributed by atoms with E-state index in [1.165, 1.54) is 12.1 Å². The summed E-state index contributed by atoms with van der Waals surface area (Å²) in [7, 11) is 0. The van der Waals surface area contributed by atoms with Gasteiger partial charge in [-0.15, -0.1) is 0 Å². The topological polar surface area (TPSA) is 92.5 Å². The van der Waals surface area contributed by atoms with Crippen LogP contribution in [0.2, 0.25) is 0 Å². The lowest BCUT2D eigenvalue weighted by molar-refractivity contribution is 0.477. The zero-order valence-electron chi connectivity index (χ0n) is 9.72. The average molecular weight is 242 g/mol. The van der Waals surface area contributed by atoms with Crippen LogP contribution in [0.25, 0.3) is 5.57 Å². The van der Waals surface area contributed by atoms with E-state index in [9.17, 15) is 10.2 Å². The molecule has 4 nitrogen and oxygen atoms in total. The van der Waals surface area contributed by atoms with Crippen LogP contribution >= 0.6 is 0 Å². The summed E-state index contributed by atoms with van der Waals surface area (Å²) in [4.78, 5) is 0. The lowest BCUT2D eigenvalue weighted by Gasteiger charge is -2.09. The van der Waals surface area contributed by atoms with Crippen LogP contribution in [0.4, 0.5) is 11.4 Å². The Balaban J connectivity index is 2.41. The first kappa shape index (κ1) is 11.9. The molecule has 6 N–H and O–H groups in total. The van der Waals surface area contributed by atoms with Crippen molar-refractivity contribution in [1.29, 1.82) is 0 Å². The molecular weight excluding hydrogens is 228 g/mol. The summed E-state index contributed by atoms with van der Waals surface area (Å²) in [6.07, 6.45) is 0. The Kier molecular flexibility index (Phi) is 2.85. The summed E-state index contributed by atoms with van der Waals surface area (Å²) in [6, 6.07) is 9.78. The van der Waals surface area contributed by atoms with Crippen LogP contribution in [0, 0.1) is 0 Å². The highest BCUT2D eigenvalue weighted by atomic mass is 16.3. The molecule has 0 atom stereocenters. The fourth-order valence-electron chi connectivity index (χ4n) is 1.63. The smallest absolute Gasteiger partial charge is 0.139 e. The summed E-state index contributed by atoms with van der Waals surface area (Å²) in [5.41, 5.74) is 13.8. The van der Waals surface area contributed by atoms with Gasteiger partial charge in [-0.3, -0.25) is 0 Å². The van der Waals surface area contributed by atoms with Gasteiger partial charge in [-0.25, -0.2) is 0 Å². The molecule has 0 saturated heterocycles. The first-order valence-electron chi connectivity index (χ1n) is 5.35. The summed E-state index contributed by atoms with van der Waals surface area (Å²) < 4.78 is 0. The van der Waals surface area contributed by atoms with Crippen molar-refractivity contribution in [1.82, 2.24) is 0 Å². The number of nitrogen functional groups attached to an aromatic ring is 2. The lowest BCUT2D eigenvalue weighted by atomic mass is 9.98. The van der Waals surface area contributed by atoms with Crippen molar-refractivity contribution in [3.05, 3.63) is 54.1 Å².